The zero-order valence-corrected chi connectivity index (χ0v) is 38.1. The Balaban J connectivity index is 1.91. The topological polar surface area (TPSA) is 107 Å². The SMILES string of the molecule is Cc1ccc(OC(=O)OC(C)(C)c2cc(C(C)(C)C)c(OC(=O)OC(C)(C)CC(C)c3cc(C)c(OC(=O)OC(C)(C)C)c(C(C)(C)C)c3)c(C(C)(C)C)c2)cc1. The number of aryl methyl sites for hydroxylation is 2. The van der Waals surface area contributed by atoms with Crippen LogP contribution in [0.4, 0.5) is 14.4 Å². The summed E-state index contributed by atoms with van der Waals surface area (Å²) < 4.78 is 34.9. The average Bonchev–Trinajstić information content (AvgIpc) is 2.99. The molecule has 0 aliphatic carbocycles. The molecule has 0 aromatic heterocycles. The van der Waals surface area contributed by atoms with E-state index in [1.54, 1.807) is 32.9 Å². The molecule has 0 saturated heterocycles. The molecular formula is C48H68O9. The van der Waals surface area contributed by atoms with Crippen molar-refractivity contribution >= 4 is 18.5 Å². The minimum Gasteiger partial charge on any atom is -0.428 e. The molecule has 9 heteroatoms. The molecule has 0 amide bonds. The molecule has 0 spiro atoms. The third-order valence-electron chi connectivity index (χ3n) is 9.55. The van der Waals surface area contributed by atoms with E-state index in [0.29, 0.717) is 23.7 Å². The van der Waals surface area contributed by atoms with E-state index in [4.69, 9.17) is 28.4 Å². The molecule has 3 aromatic rings. The molecule has 57 heavy (non-hydrogen) atoms. The summed E-state index contributed by atoms with van der Waals surface area (Å²) in [5.41, 5.74) is 1.99. The summed E-state index contributed by atoms with van der Waals surface area (Å²) in [6.07, 6.45) is -1.91. The first kappa shape index (κ1) is 46.8. The number of rotatable bonds is 9. The molecule has 0 saturated carbocycles. The number of carbonyl (C=O) groups excluding carboxylic acids is 3. The molecule has 0 N–H and O–H groups in total. The van der Waals surface area contributed by atoms with Crippen LogP contribution in [-0.2, 0) is 36.1 Å². The second kappa shape index (κ2) is 16.8. The first-order chi connectivity index (χ1) is 25.7. The summed E-state index contributed by atoms with van der Waals surface area (Å²) in [5.74, 6) is 1.24. The van der Waals surface area contributed by atoms with Crippen molar-refractivity contribution in [3.63, 3.8) is 0 Å². The van der Waals surface area contributed by atoms with Gasteiger partial charge in [-0.05, 0) is 132 Å². The Morgan fingerprint density at radius 3 is 1.46 bits per heavy atom. The highest BCUT2D eigenvalue weighted by Gasteiger charge is 2.36. The maximum atomic E-state index is 13.8. The Kier molecular flexibility index (Phi) is 13.8. The predicted molar refractivity (Wildman–Crippen MR) is 226 cm³/mol. The molecule has 9 nitrogen and oxygen atoms in total. The lowest BCUT2D eigenvalue weighted by Crippen LogP contribution is -2.33. The quantitative estimate of drug-likeness (QED) is 0.119. The van der Waals surface area contributed by atoms with Crippen molar-refractivity contribution < 1.29 is 42.8 Å². The maximum Gasteiger partial charge on any atom is 0.514 e. The highest BCUT2D eigenvalue weighted by molar-refractivity contribution is 5.69. The van der Waals surface area contributed by atoms with Crippen LogP contribution < -0.4 is 14.2 Å². The van der Waals surface area contributed by atoms with E-state index < -0.39 is 46.1 Å². The fourth-order valence-corrected chi connectivity index (χ4v) is 6.55. The van der Waals surface area contributed by atoms with Gasteiger partial charge < -0.3 is 28.4 Å². The van der Waals surface area contributed by atoms with Crippen molar-refractivity contribution in [1.29, 1.82) is 0 Å². The fraction of sp³-hybridized carbons (Fsp3) is 0.562. The van der Waals surface area contributed by atoms with Crippen LogP contribution in [0.5, 0.6) is 17.2 Å². The summed E-state index contributed by atoms with van der Waals surface area (Å²) >= 11 is 0. The van der Waals surface area contributed by atoms with Gasteiger partial charge in [0.15, 0.2) is 0 Å². The van der Waals surface area contributed by atoms with Gasteiger partial charge in [-0.25, -0.2) is 14.4 Å². The molecular weight excluding hydrogens is 721 g/mol. The van der Waals surface area contributed by atoms with E-state index in [-0.39, 0.29) is 11.3 Å². The highest BCUT2D eigenvalue weighted by Crippen LogP contribution is 2.44. The van der Waals surface area contributed by atoms with E-state index in [2.05, 4.69) is 33.8 Å². The standard InChI is InChI=1S/C48H68O9/c1-29-20-22-34(23-21-29)52-40(49)57-48(18,19)33-26-36(44(7,8)9)39(37(27-33)45(10,11)12)54-42(51)56-47(16,17)28-31(3)32-24-30(2)38(35(25-32)43(4,5)6)53-41(50)55-46(13,14)15/h20-27,31H,28H2,1-19H3. The molecule has 0 fully saturated rings. The normalized spacial score (nSPS) is 13.4. The van der Waals surface area contributed by atoms with Crippen molar-refractivity contribution in [3.05, 3.63) is 87.5 Å². The third-order valence-corrected chi connectivity index (χ3v) is 9.55. The van der Waals surface area contributed by atoms with Gasteiger partial charge in [-0.3, -0.25) is 0 Å². The van der Waals surface area contributed by atoms with E-state index in [9.17, 15) is 14.4 Å². The molecule has 3 aromatic carbocycles. The van der Waals surface area contributed by atoms with E-state index in [1.165, 1.54) is 0 Å². The van der Waals surface area contributed by atoms with Crippen LogP contribution in [0.3, 0.4) is 0 Å². The molecule has 1 atom stereocenters. The molecule has 1 unspecified atom stereocenters. The Hall–Kier alpha value is -4.53. The Morgan fingerprint density at radius 1 is 0.544 bits per heavy atom. The summed E-state index contributed by atoms with van der Waals surface area (Å²) in [5, 5.41) is 0. The van der Waals surface area contributed by atoms with Gasteiger partial charge in [0.05, 0.1) is 0 Å². The molecule has 0 aliphatic rings. The van der Waals surface area contributed by atoms with E-state index in [0.717, 1.165) is 38.9 Å². The predicted octanol–water partition coefficient (Wildman–Crippen LogP) is 13.4. The Bertz CT molecular complexity index is 1890. The number of carbonyl (C=O) groups is 3. The maximum absolute atomic E-state index is 13.8. The largest absolute Gasteiger partial charge is 0.514 e. The van der Waals surface area contributed by atoms with Gasteiger partial charge in [-0.1, -0.05) is 99.1 Å². The first-order valence-electron chi connectivity index (χ1n) is 19.8. The van der Waals surface area contributed by atoms with Crippen LogP contribution in [-0.4, -0.2) is 29.7 Å². The average molecular weight is 789 g/mol. The molecule has 0 bridgehead atoms. The Morgan fingerprint density at radius 2 is 0.982 bits per heavy atom. The third kappa shape index (κ3) is 13.3. The van der Waals surface area contributed by atoms with Crippen LogP contribution in [0, 0.1) is 13.8 Å². The Labute approximate surface area is 342 Å². The van der Waals surface area contributed by atoms with Crippen LogP contribution in [0.25, 0.3) is 0 Å². The number of hydrogen-bond acceptors (Lipinski definition) is 9. The minimum absolute atomic E-state index is 0.0438. The van der Waals surface area contributed by atoms with Gasteiger partial charge in [-0.15, -0.1) is 0 Å². The number of ether oxygens (including phenoxy) is 6. The zero-order chi connectivity index (χ0) is 43.7. The van der Waals surface area contributed by atoms with Gasteiger partial charge >= 0.3 is 18.5 Å². The molecule has 0 radical (unpaired) electrons. The number of benzene rings is 3. The van der Waals surface area contributed by atoms with E-state index >= 15 is 0 Å². The van der Waals surface area contributed by atoms with Crippen molar-refractivity contribution in [3.8, 4) is 17.2 Å². The first-order valence-corrected chi connectivity index (χ1v) is 19.8. The summed E-state index contributed by atoms with van der Waals surface area (Å²) in [6, 6.07) is 15.1. The molecule has 314 valence electrons. The second-order valence-electron chi connectivity index (χ2n) is 20.5. The molecule has 0 heterocycles. The van der Waals surface area contributed by atoms with Crippen molar-refractivity contribution in [2.24, 2.45) is 0 Å². The summed E-state index contributed by atoms with van der Waals surface area (Å²) in [7, 11) is 0. The lowest BCUT2D eigenvalue weighted by molar-refractivity contribution is 0.000352. The minimum atomic E-state index is -1.09. The summed E-state index contributed by atoms with van der Waals surface area (Å²) in [4.78, 5) is 39.5. The van der Waals surface area contributed by atoms with Gasteiger partial charge in [0.2, 0.25) is 0 Å². The smallest absolute Gasteiger partial charge is 0.428 e. The number of hydrogen-bond donors (Lipinski definition) is 0. The summed E-state index contributed by atoms with van der Waals surface area (Å²) in [6.45, 7) is 37.2. The monoisotopic (exact) mass is 788 g/mol. The van der Waals surface area contributed by atoms with Gasteiger partial charge in [0.1, 0.15) is 34.1 Å². The molecule has 0 aliphatic heterocycles. The molecule has 3 rings (SSSR count). The second-order valence-corrected chi connectivity index (χ2v) is 20.5. The van der Waals surface area contributed by atoms with Crippen molar-refractivity contribution in [2.45, 2.75) is 177 Å². The van der Waals surface area contributed by atoms with Crippen LogP contribution >= 0.6 is 0 Å². The zero-order valence-electron chi connectivity index (χ0n) is 38.1. The van der Waals surface area contributed by atoms with Crippen molar-refractivity contribution in [1.82, 2.24) is 0 Å². The van der Waals surface area contributed by atoms with Gasteiger partial charge in [-0.2, -0.15) is 0 Å². The van der Waals surface area contributed by atoms with Gasteiger partial charge in [0.25, 0.3) is 0 Å². The fourth-order valence-electron chi connectivity index (χ4n) is 6.55. The van der Waals surface area contributed by atoms with Crippen LogP contribution in [0.15, 0.2) is 48.5 Å². The van der Waals surface area contributed by atoms with Crippen molar-refractivity contribution in [2.75, 3.05) is 0 Å². The van der Waals surface area contributed by atoms with Gasteiger partial charge in [0, 0.05) is 16.7 Å². The highest BCUT2D eigenvalue weighted by atomic mass is 16.7. The van der Waals surface area contributed by atoms with Crippen LogP contribution in [0.1, 0.15) is 169 Å². The van der Waals surface area contributed by atoms with Crippen LogP contribution in [0.2, 0.25) is 0 Å². The van der Waals surface area contributed by atoms with E-state index in [1.807, 2.05) is 113 Å². The lowest BCUT2D eigenvalue weighted by Gasteiger charge is -2.34. The lowest BCUT2D eigenvalue weighted by atomic mass is 9.76.